The lowest BCUT2D eigenvalue weighted by Crippen LogP contribution is -2.46. The van der Waals surface area contributed by atoms with Crippen LogP contribution in [0, 0.1) is 0 Å². The van der Waals surface area contributed by atoms with Crippen LogP contribution in [0.4, 0.5) is 4.79 Å². The molecule has 1 saturated heterocycles. The molecule has 0 aliphatic carbocycles. The number of amides is 2. The van der Waals surface area contributed by atoms with Gasteiger partial charge in [-0.15, -0.1) is 0 Å². The second-order valence-corrected chi connectivity index (χ2v) is 11.8. The summed E-state index contributed by atoms with van der Waals surface area (Å²) in [4.78, 5) is 35.8. The quantitative estimate of drug-likeness (QED) is 0.605. The van der Waals surface area contributed by atoms with Crippen LogP contribution in [0.2, 0.25) is 0 Å². The lowest BCUT2D eigenvalue weighted by atomic mass is 9.99. The van der Waals surface area contributed by atoms with Crippen LogP contribution in [0.25, 0.3) is 0 Å². The van der Waals surface area contributed by atoms with Gasteiger partial charge in [0.05, 0.1) is 17.4 Å². The maximum absolute atomic E-state index is 13.2. The van der Waals surface area contributed by atoms with Crippen molar-refractivity contribution in [2.24, 2.45) is 0 Å². The van der Waals surface area contributed by atoms with E-state index in [9.17, 15) is 14.7 Å². The topological polar surface area (TPSA) is 95.4 Å². The second kappa shape index (κ2) is 11.5. The second-order valence-electron chi connectivity index (χ2n) is 11.8. The molecule has 0 unspecified atom stereocenters. The Labute approximate surface area is 230 Å². The van der Waals surface area contributed by atoms with Crippen molar-refractivity contribution in [3.63, 3.8) is 0 Å². The summed E-state index contributed by atoms with van der Waals surface area (Å²) in [6.45, 7) is 9.86. The zero-order chi connectivity index (χ0) is 27.6. The van der Waals surface area contributed by atoms with Crippen molar-refractivity contribution in [2.75, 3.05) is 39.3 Å². The predicted octanol–water partition coefficient (Wildman–Crippen LogP) is 3.28. The number of hydrogen-bond donors (Lipinski definition) is 1. The molecular formula is C30H40N4O5. The summed E-state index contributed by atoms with van der Waals surface area (Å²) in [7, 11) is 0. The van der Waals surface area contributed by atoms with Crippen LogP contribution in [0.15, 0.2) is 36.4 Å². The number of rotatable bonds is 6. The number of carbonyl (C=O) groups excluding carboxylic acids is 2. The van der Waals surface area contributed by atoms with Gasteiger partial charge < -0.3 is 24.4 Å². The van der Waals surface area contributed by atoms with Gasteiger partial charge in [0.15, 0.2) is 0 Å². The summed E-state index contributed by atoms with van der Waals surface area (Å²) >= 11 is 0. The SMILES string of the molecule is CC(C)(C)OC(=O)N1CCC(Oc2ccc3c(n2)CCN(C[C@H](O)CN2CCc4ccccc4C2)C3=O)CC1. The number of carbonyl (C=O) groups is 2. The Morgan fingerprint density at radius 1 is 1.03 bits per heavy atom. The van der Waals surface area contributed by atoms with Gasteiger partial charge in [-0.25, -0.2) is 9.78 Å². The largest absolute Gasteiger partial charge is 0.474 e. The fourth-order valence-corrected chi connectivity index (χ4v) is 5.59. The lowest BCUT2D eigenvalue weighted by molar-refractivity contribution is 0.0123. The van der Waals surface area contributed by atoms with Crippen molar-refractivity contribution >= 4 is 12.0 Å². The summed E-state index contributed by atoms with van der Waals surface area (Å²) in [6, 6.07) is 12.0. The molecule has 3 aliphatic heterocycles. The normalized spacial score (nSPS) is 19.3. The van der Waals surface area contributed by atoms with Gasteiger partial charge in [0.25, 0.3) is 5.91 Å². The van der Waals surface area contributed by atoms with E-state index in [0.29, 0.717) is 63.4 Å². The van der Waals surface area contributed by atoms with Gasteiger partial charge in [0.2, 0.25) is 5.88 Å². The first-order valence-electron chi connectivity index (χ1n) is 14.1. The third kappa shape index (κ3) is 6.89. The van der Waals surface area contributed by atoms with Gasteiger partial charge in [-0.2, -0.15) is 0 Å². The molecule has 2 aromatic rings. The predicted molar refractivity (Wildman–Crippen MR) is 147 cm³/mol. The number of ether oxygens (including phenoxy) is 2. The number of likely N-dealkylation sites (tertiary alicyclic amines) is 1. The van der Waals surface area contributed by atoms with Gasteiger partial charge in [-0.3, -0.25) is 9.69 Å². The fourth-order valence-electron chi connectivity index (χ4n) is 5.59. The molecular weight excluding hydrogens is 496 g/mol. The van der Waals surface area contributed by atoms with E-state index in [4.69, 9.17) is 9.47 Å². The number of pyridine rings is 1. The minimum atomic E-state index is -0.608. The van der Waals surface area contributed by atoms with Gasteiger partial charge in [0.1, 0.15) is 11.7 Å². The van der Waals surface area contributed by atoms with Crippen molar-refractivity contribution in [3.05, 3.63) is 58.8 Å². The van der Waals surface area contributed by atoms with Crippen LogP contribution in [0.5, 0.6) is 5.88 Å². The van der Waals surface area contributed by atoms with Crippen LogP contribution < -0.4 is 4.74 Å². The molecule has 1 aromatic carbocycles. The molecule has 39 heavy (non-hydrogen) atoms. The molecule has 0 saturated carbocycles. The molecule has 9 heteroatoms. The highest BCUT2D eigenvalue weighted by molar-refractivity contribution is 5.96. The highest BCUT2D eigenvalue weighted by Gasteiger charge is 2.30. The van der Waals surface area contributed by atoms with E-state index in [1.165, 1.54) is 11.1 Å². The smallest absolute Gasteiger partial charge is 0.410 e. The number of piperidine rings is 1. The van der Waals surface area contributed by atoms with Crippen LogP contribution in [-0.2, 0) is 24.1 Å². The highest BCUT2D eigenvalue weighted by atomic mass is 16.6. The Bertz CT molecular complexity index is 1190. The van der Waals surface area contributed by atoms with E-state index in [2.05, 4.69) is 34.1 Å². The third-order valence-corrected chi connectivity index (χ3v) is 7.58. The molecule has 1 fully saturated rings. The van der Waals surface area contributed by atoms with E-state index in [0.717, 1.165) is 25.2 Å². The summed E-state index contributed by atoms with van der Waals surface area (Å²) in [5.41, 5.74) is 3.50. The van der Waals surface area contributed by atoms with Gasteiger partial charge >= 0.3 is 6.09 Å². The third-order valence-electron chi connectivity index (χ3n) is 7.58. The Morgan fingerprint density at radius 2 is 1.77 bits per heavy atom. The zero-order valence-corrected chi connectivity index (χ0v) is 23.3. The fraction of sp³-hybridized carbons (Fsp3) is 0.567. The number of aliphatic hydroxyl groups excluding tert-OH is 1. The molecule has 1 aromatic heterocycles. The van der Waals surface area contributed by atoms with E-state index in [-0.39, 0.29) is 18.1 Å². The Hall–Kier alpha value is -3.17. The molecule has 0 radical (unpaired) electrons. The molecule has 5 rings (SSSR count). The molecule has 3 aliphatic rings. The highest BCUT2D eigenvalue weighted by Crippen LogP contribution is 2.24. The number of aliphatic hydroxyl groups is 1. The number of nitrogens with zero attached hydrogens (tertiary/aromatic N) is 4. The van der Waals surface area contributed by atoms with Crippen molar-refractivity contribution in [3.8, 4) is 5.88 Å². The number of β-amino-alcohol motifs (C(OH)–C–C–N with tert-alkyl or cyclic N) is 1. The van der Waals surface area contributed by atoms with Crippen molar-refractivity contribution in [1.29, 1.82) is 0 Å². The van der Waals surface area contributed by atoms with E-state index in [1.807, 2.05) is 20.8 Å². The van der Waals surface area contributed by atoms with E-state index in [1.54, 1.807) is 21.9 Å². The first kappa shape index (κ1) is 27.4. The van der Waals surface area contributed by atoms with Crippen LogP contribution in [-0.4, -0.2) is 93.9 Å². The molecule has 0 bridgehead atoms. The molecule has 1 N–H and O–H groups in total. The Morgan fingerprint density at radius 3 is 2.51 bits per heavy atom. The molecule has 210 valence electrons. The van der Waals surface area contributed by atoms with Crippen molar-refractivity contribution in [2.45, 2.75) is 70.8 Å². The molecule has 9 nitrogen and oxygen atoms in total. The number of fused-ring (bicyclic) bond motifs is 2. The first-order chi connectivity index (χ1) is 18.6. The number of hydrogen-bond acceptors (Lipinski definition) is 7. The Balaban J connectivity index is 1.10. The van der Waals surface area contributed by atoms with E-state index < -0.39 is 11.7 Å². The average molecular weight is 537 g/mol. The number of benzene rings is 1. The summed E-state index contributed by atoms with van der Waals surface area (Å²) in [5.74, 6) is 0.417. The maximum atomic E-state index is 13.2. The van der Waals surface area contributed by atoms with Crippen LogP contribution in [0.3, 0.4) is 0 Å². The van der Waals surface area contributed by atoms with Gasteiger partial charge in [-0.1, -0.05) is 24.3 Å². The van der Waals surface area contributed by atoms with Gasteiger partial charge in [0, 0.05) is 71.1 Å². The van der Waals surface area contributed by atoms with Crippen molar-refractivity contribution in [1.82, 2.24) is 19.7 Å². The molecule has 0 spiro atoms. The average Bonchev–Trinajstić information content (AvgIpc) is 2.90. The van der Waals surface area contributed by atoms with Crippen LogP contribution in [0.1, 0.15) is 60.8 Å². The molecule has 4 heterocycles. The maximum Gasteiger partial charge on any atom is 0.410 e. The minimum absolute atomic E-state index is 0.0399. The summed E-state index contributed by atoms with van der Waals surface area (Å²) in [6.07, 6.45) is 2.07. The lowest BCUT2D eigenvalue weighted by Gasteiger charge is -2.34. The molecule has 2 amide bonds. The monoisotopic (exact) mass is 536 g/mol. The van der Waals surface area contributed by atoms with E-state index >= 15 is 0 Å². The molecule has 1 atom stereocenters. The minimum Gasteiger partial charge on any atom is -0.474 e. The van der Waals surface area contributed by atoms with Crippen molar-refractivity contribution < 1.29 is 24.2 Å². The first-order valence-corrected chi connectivity index (χ1v) is 14.1. The summed E-state index contributed by atoms with van der Waals surface area (Å²) in [5, 5.41) is 10.8. The zero-order valence-electron chi connectivity index (χ0n) is 23.3. The van der Waals surface area contributed by atoms with Gasteiger partial charge in [-0.05, 0) is 44.4 Å². The summed E-state index contributed by atoms with van der Waals surface area (Å²) < 4.78 is 11.6. The van der Waals surface area contributed by atoms with Crippen LogP contribution >= 0.6 is 0 Å². The Kier molecular flexibility index (Phi) is 8.09. The standard InChI is InChI=1S/C30H40N4O5/c1-30(2,3)39-29(37)33-15-11-24(12-16-33)38-27-9-8-25-26(31-27)13-17-34(28(25)36)20-23(35)19-32-14-10-21-6-4-5-7-22(21)18-32/h4-9,23-24,35H,10-20H2,1-3H3/t23-/m1/s1. The number of aromatic nitrogens is 1.